The summed E-state index contributed by atoms with van der Waals surface area (Å²) in [6, 6.07) is 4.06. The Morgan fingerprint density at radius 3 is 2.74 bits per heavy atom. The largest absolute Gasteiger partial charge is 0.338 e. The van der Waals surface area contributed by atoms with E-state index < -0.39 is 4.92 Å². The summed E-state index contributed by atoms with van der Waals surface area (Å²) >= 11 is 0. The number of amides is 1. The molecule has 0 aliphatic heterocycles. The molecule has 23 heavy (non-hydrogen) atoms. The summed E-state index contributed by atoms with van der Waals surface area (Å²) in [6.07, 6.45) is 2.63. The van der Waals surface area contributed by atoms with Crippen molar-refractivity contribution >= 4 is 24.0 Å². The fourth-order valence-corrected chi connectivity index (χ4v) is 1.89. The molecule has 0 saturated heterocycles. The van der Waals surface area contributed by atoms with Crippen LogP contribution in [0.15, 0.2) is 30.9 Å². The molecule has 0 saturated carbocycles. The van der Waals surface area contributed by atoms with E-state index >= 15 is 0 Å². The highest BCUT2D eigenvalue weighted by Crippen LogP contribution is 2.24. The maximum Gasteiger partial charge on any atom is 0.295 e. The van der Waals surface area contributed by atoms with E-state index in [1.54, 1.807) is 14.0 Å². The maximum atomic E-state index is 12.3. The number of likely N-dealkylation sites (N-methyl/N-ethyl adjacent to an activating group) is 1. The van der Waals surface area contributed by atoms with Crippen molar-refractivity contribution in [2.24, 2.45) is 5.73 Å². The lowest BCUT2D eigenvalue weighted by atomic mass is 10.1. The van der Waals surface area contributed by atoms with Gasteiger partial charge in [-0.3, -0.25) is 14.9 Å². The molecule has 1 aromatic carbocycles. The van der Waals surface area contributed by atoms with E-state index in [0.717, 1.165) is 0 Å². The molecule has 0 bridgehead atoms. The van der Waals surface area contributed by atoms with Gasteiger partial charge in [0.25, 0.3) is 11.6 Å². The van der Waals surface area contributed by atoms with Crippen molar-refractivity contribution < 1.29 is 9.72 Å². The molecule has 1 aromatic heterocycles. The molecule has 10 heteroatoms. The van der Waals surface area contributed by atoms with E-state index in [1.807, 2.05) is 0 Å². The van der Waals surface area contributed by atoms with Gasteiger partial charge in [0.05, 0.1) is 4.92 Å². The number of benzene rings is 1. The smallest absolute Gasteiger partial charge is 0.295 e. The van der Waals surface area contributed by atoms with Crippen LogP contribution >= 0.6 is 12.4 Å². The van der Waals surface area contributed by atoms with Crippen LogP contribution in [0.5, 0.6) is 0 Å². The Balaban J connectivity index is 0.00000264. The Hall–Kier alpha value is -2.52. The molecule has 0 spiro atoms. The Bertz CT molecular complexity index is 691. The Kier molecular flexibility index (Phi) is 6.17. The summed E-state index contributed by atoms with van der Waals surface area (Å²) in [5, 5.41) is 15.1. The van der Waals surface area contributed by atoms with Gasteiger partial charge >= 0.3 is 0 Å². The van der Waals surface area contributed by atoms with E-state index in [9.17, 15) is 14.9 Å². The van der Waals surface area contributed by atoms with Crippen LogP contribution in [-0.4, -0.2) is 50.1 Å². The van der Waals surface area contributed by atoms with Crippen LogP contribution in [0.4, 0.5) is 5.69 Å². The zero-order chi connectivity index (χ0) is 16.3. The molecule has 9 nitrogen and oxygen atoms in total. The third kappa shape index (κ3) is 3.82. The van der Waals surface area contributed by atoms with Gasteiger partial charge < -0.3 is 10.6 Å². The number of carbonyl (C=O) groups is 1. The average molecular weight is 341 g/mol. The average Bonchev–Trinajstić information content (AvgIpc) is 3.06. The van der Waals surface area contributed by atoms with Crippen LogP contribution in [0.25, 0.3) is 5.69 Å². The molecule has 2 N–H and O–H groups in total. The van der Waals surface area contributed by atoms with Crippen LogP contribution < -0.4 is 5.73 Å². The molecule has 0 aliphatic carbocycles. The van der Waals surface area contributed by atoms with Crippen LogP contribution in [0.1, 0.15) is 17.3 Å². The lowest BCUT2D eigenvalue weighted by molar-refractivity contribution is -0.384. The van der Waals surface area contributed by atoms with Gasteiger partial charge in [-0.05, 0) is 19.1 Å². The van der Waals surface area contributed by atoms with Crippen molar-refractivity contribution in [3.8, 4) is 5.69 Å². The topological polar surface area (TPSA) is 120 Å². The lowest BCUT2D eigenvalue weighted by Crippen LogP contribution is -2.39. The predicted octanol–water partition coefficient (Wildman–Crippen LogP) is 1.02. The van der Waals surface area contributed by atoms with Crippen molar-refractivity contribution in [1.29, 1.82) is 0 Å². The van der Waals surface area contributed by atoms with Gasteiger partial charge in [0, 0.05) is 31.3 Å². The number of hydrogen-bond acceptors (Lipinski definition) is 6. The van der Waals surface area contributed by atoms with Crippen molar-refractivity contribution in [2.45, 2.75) is 13.0 Å². The highest BCUT2D eigenvalue weighted by atomic mass is 35.5. The molecule has 2 aromatic rings. The molecule has 1 heterocycles. The molecule has 1 unspecified atom stereocenters. The number of hydrogen-bond donors (Lipinski definition) is 1. The van der Waals surface area contributed by atoms with Crippen molar-refractivity contribution in [3.05, 3.63) is 46.5 Å². The van der Waals surface area contributed by atoms with Gasteiger partial charge in [-0.2, -0.15) is 5.10 Å². The normalized spacial score (nSPS) is 11.4. The van der Waals surface area contributed by atoms with Crippen LogP contribution in [0, 0.1) is 10.1 Å². The van der Waals surface area contributed by atoms with Gasteiger partial charge in [0.1, 0.15) is 18.3 Å². The van der Waals surface area contributed by atoms with E-state index in [0.29, 0.717) is 6.54 Å². The van der Waals surface area contributed by atoms with Gasteiger partial charge in [-0.25, -0.2) is 9.67 Å². The number of nitro benzene ring substituents is 1. The Morgan fingerprint density at radius 1 is 1.52 bits per heavy atom. The first-order valence-electron chi connectivity index (χ1n) is 6.56. The SMILES string of the molecule is CC(CN)N(C)C(=O)c1ccc(-n2cncn2)c([N+](=O)[O-])c1.Cl. The minimum absolute atomic E-state index is 0. The Morgan fingerprint density at radius 2 is 2.22 bits per heavy atom. The number of nitro groups is 1. The Labute approximate surface area is 138 Å². The first-order valence-corrected chi connectivity index (χ1v) is 6.56. The summed E-state index contributed by atoms with van der Waals surface area (Å²) in [7, 11) is 1.61. The molecule has 1 amide bonds. The number of nitrogens with two attached hydrogens (primary N) is 1. The van der Waals surface area contributed by atoms with Crippen molar-refractivity contribution in [3.63, 3.8) is 0 Å². The monoisotopic (exact) mass is 340 g/mol. The molecule has 0 aliphatic rings. The van der Waals surface area contributed by atoms with Gasteiger partial charge in [0.2, 0.25) is 0 Å². The number of carbonyl (C=O) groups excluding carboxylic acids is 1. The standard InChI is InChI=1S/C13H16N6O3.ClH/c1-9(6-14)17(2)13(20)10-3-4-11(12(5-10)19(21)22)18-8-15-7-16-18;/h3-5,7-9H,6,14H2,1-2H3;1H. The fraction of sp³-hybridized carbons (Fsp3) is 0.308. The van der Waals surface area contributed by atoms with Crippen LogP contribution in [-0.2, 0) is 0 Å². The number of aromatic nitrogens is 3. The fourth-order valence-electron chi connectivity index (χ4n) is 1.89. The maximum absolute atomic E-state index is 12.3. The first-order chi connectivity index (χ1) is 10.5. The molecular formula is C13H17ClN6O3. The van der Waals surface area contributed by atoms with Crippen LogP contribution in [0.3, 0.4) is 0 Å². The van der Waals surface area contributed by atoms with E-state index in [2.05, 4.69) is 10.1 Å². The van der Waals surface area contributed by atoms with E-state index in [4.69, 9.17) is 5.73 Å². The second-order valence-electron chi connectivity index (χ2n) is 4.80. The molecule has 124 valence electrons. The zero-order valence-corrected chi connectivity index (χ0v) is 13.4. The predicted molar refractivity (Wildman–Crippen MR) is 85.9 cm³/mol. The molecule has 1 atom stereocenters. The highest BCUT2D eigenvalue weighted by molar-refractivity contribution is 5.95. The molecule has 2 rings (SSSR count). The summed E-state index contributed by atoms with van der Waals surface area (Å²) < 4.78 is 1.28. The van der Waals surface area contributed by atoms with Gasteiger partial charge in [0.15, 0.2) is 0 Å². The van der Waals surface area contributed by atoms with Crippen molar-refractivity contribution in [2.75, 3.05) is 13.6 Å². The zero-order valence-electron chi connectivity index (χ0n) is 12.6. The molecule has 0 radical (unpaired) electrons. The lowest BCUT2D eigenvalue weighted by Gasteiger charge is -2.23. The first kappa shape index (κ1) is 18.5. The van der Waals surface area contributed by atoms with Gasteiger partial charge in [-0.1, -0.05) is 0 Å². The third-order valence-corrected chi connectivity index (χ3v) is 3.41. The summed E-state index contributed by atoms with van der Waals surface area (Å²) in [5.74, 6) is -0.328. The van der Waals surface area contributed by atoms with Gasteiger partial charge in [-0.15, -0.1) is 12.4 Å². The van der Waals surface area contributed by atoms with Crippen LogP contribution in [0.2, 0.25) is 0 Å². The molecule has 0 fully saturated rings. The summed E-state index contributed by atoms with van der Waals surface area (Å²) in [4.78, 5) is 28.2. The van der Waals surface area contributed by atoms with Crippen molar-refractivity contribution in [1.82, 2.24) is 19.7 Å². The van der Waals surface area contributed by atoms with E-state index in [1.165, 1.54) is 40.4 Å². The third-order valence-electron chi connectivity index (χ3n) is 3.41. The highest BCUT2D eigenvalue weighted by Gasteiger charge is 2.22. The number of rotatable bonds is 5. The minimum Gasteiger partial charge on any atom is -0.338 e. The number of nitrogens with zero attached hydrogens (tertiary/aromatic N) is 5. The van der Waals surface area contributed by atoms with E-state index in [-0.39, 0.29) is 41.3 Å². The quantitative estimate of drug-likeness (QED) is 0.640. The summed E-state index contributed by atoms with van der Waals surface area (Å²) in [6.45, 7) is 2.11. The molecular weight excluding hydrogens is 324 g/mol. The summed E-state index contributed by atoms with van der Waals surface area (Å²) in [5.41, 5.74) is 5.78. The second-order valence-corrected chi connectivity index (χ2v) is 4.80. The second kappa shape index (κ2) is 7.65. The number of halogens is 1. The minimum atomic E-state index is -0.555.